The number of benzene rings is 2. The molecule has 0 radical (unpaired) electrons. The molecule has 0 saturated heterocycles. The number of carbonyl (C=O) groups is 1. The summed E-state index contributed by atoms with van der Waals surface area (Å²) >= 11 is 0. The first-order valence-electron chi connectivity index (χ1n) is 11.0. The zero-order chi connectivity index (χ0) is 23.8. The third-order valence-electron chi connectivity index (χ3n) is 5.89. The first-order valence-corrected chi connectivity index (χ1v) is 12.1. The third-order valence-corrected chi connectivity index (χ3v) is 7.00. The van der Waals surface area contributed by atoms with E-state index in [0.717, 1.165) is 38.7 Å². The van der Waals surface area contributed by atoms with E-state index in [-0.39, 0.29) is 5.91 Å². The van der Waals surface area contributed by atoms with Crippen LogP contribution in [-0.2, 0) is 17.5 Å². The Morgan fingerprint density at radius 2 is 1.69 bits per heavy atom. The molecule has 7 nitrogen and oxygen atoms in total. The van der Waals surface area contributed by atoms with Crippen LogP contribution < -0.4 is 10.0 Å². The Labute approximate surface area is 203 Å². The minimum absolute atomic E-state index is 0.252. The number of pyridine rings is 3. The van der Waals surface area contributed by atoms with Crippen molar-refractivity contribution in [3.05, 3.63) is 103 Å². The van der Waals surface area contributed by atoms with Crippen molar-refractivity contribution in [3.8, 4) is 22.3 Å². The van der Waals surface area contributed by atoms with Crippen molar-refractivity contribution in [1.29, 1.82) is 0 Å². The molecule has 5 aromatic rings. The highest BCUT2D eigenvalue weighted by Crippen LogP contribution is 2.32. The Bertz CT molecular complexity index is 1640. The number of aromatic nitrogens is 3. The van der Waals surface area contributed by atoms with E-state index in [0.29, 0.717) is 22.7 Å². The molecule has 6 rings (SSSR count). The third kappa shape index (κ3) is 4.15. The van der Waals surface area contributed by atoms with Crippen LogP contribution in [0.4, 0.5) is 5.69 Å². The van der Waals surface area contributed by atoms with E-state index >= 15 is 0 Å². The number of hydrogen-bond acceptors (Lipinski definition) is 5. The predicted octanol–water partition coefficient (Wildman–Crippen LogP) is 4.74. The fourth-order valence-corrected chi connectivity index (χ4v) is 5.05. The lowest BCUT2D eigenvalue weighted by atomic mass is 9.98. The van der Waals surface area contributed by atoms with Crippen molar-refractivity contribution < 1.29 is 9.00 Å². The summed E-state index contributed by atoms with van der Waals surface area (Å²) in [6.45, 7) is 0.315. The summed E-state index contributed by atoms with van der Waals surface area (Å²) in [5, 5.41) is 3.91. The van der Waals surface area contributed by atoms with Crippen molar-refractivity contribution in [1.82, 2.24) is 20.3 Å². The van der Waals surface area contributed by atoms with Gasteiger partial charge >= 0.3 is 0 Å². The summed E-state index contributed by atoms with van der Waals surface area (Å²) in [5.41, 5.74) is 6.55. The van der Waals surface area contributed by atoms with Crippen molar-refractivity contribution in [2.45, 2.75) is 11.4 Å². The second-order valence-corrected chi connectivity index (χ2v) is 9.43. The van der Waals surface area contributed by atoms with Gasteiger partial charge < -0.3 is 5.32 Å². The highest BCUT2D eigenvalue weighted by atomic mass is 32.2. The lowest BCUT2D eigenvalue weighted by Crippen LogP contribution is -2.23. The maximum Gasteiger partial charge on any atom is 0.251 e. The summed E-state index contributed by atoms with van der Waals surface area (Å²) in [7, 11) is -1.57. The molecule has 2 N–H and O–H groups in total. The van der Waals surface area contributed by atoms with E-state index in [4.69, 9.17) is 0 Å². The number of anilines is 1. The zero-order valence-corrected chi connectivity index (χ0v) is 19.3. The second-order valence-electron chi connectivity index (χ2n) is 8.22. The molecule has 1 unspecified atom stereocenters. The SMILES string of the molecule is O=C1NCc2cncc(c2)-c2ccnc3ccc(cc23)-c2cncc(c2)NS(=O)c2cccc1c2. The van der Waals surface area contributed by atoms with Crippen molar-refractivity contribution in [2.75, 3.05) is 4.72 Å². The van der Waals surface area contributed by atoms with Crippen LogP contribution in [0.25, 0.3) is 33.2 Å². The van der Waals surface area contributed by atoms with Crippen LogP contribution in [0.3, 0.4) is 0 Å². The number of nitrogens with one attached hydrogen (secondary N) is 2. The Morgan fingerprint density at radius 3 is 2.63 bits per heavy atom. The molecule has 0 saturated carbocycles. The number of fused-ring (bicyclic) bond motifs is 9. The lowest BCUT2D eigenvalue weighted by Gasteiger charge is -2.12. The number of hydrogen-bond donors (Lipinski definition) is 2. The summed E-state index contributed by atoms with van der Waals surface area (Å²) in [4.78, 5) is 26.6. The summed E-state index contributed by atoms with van der Waals surface area (Å²) < 4.78 is 16.0. The maximum absolute atomic E-state index is 13.0. The van der Waals surface area contributed by atoms with E-state index in [2.05, 4.69) is 31.1 Å². The Kier molecular flexibility index (Phi) is 5.27. The lowest BCUT2D eigenvalue weighted by molar-refractivity contribution is 0.0950. The topological polar surface area (TPSA) is 96.9 Å². The molecular weight excluding hydrogens is 458 g/mol. The molecule has 1 amide bonds. The predicted molar refractivity (Wildman–Crippen MR) is 136 cm³/mol. The van der Waals surface area contributed by atoms with E-state index < -0.39 is 11.0 Å². The van der Waals surface area contributed by atoms with Crippen LogP contribution in [0.15, 0.2) is 96.5 Å². The molecule has 35 heavy (non-hydrogen) atoms. The van der Waals surface area contributed by atoms with Gasteiger partial charge in [0.05, 0.1) is 22.3 Å². The van der Waals surface area contributed by atoms with Gasteiger partial charge in [0.2, 0.25) is 0 Å². The van der Waals surface area contributed by atoms with Crippen molar-refractivity contribution in [2.24, 2.45) is 0 Å². The summed E-state index contributed by atoms with van der Waals surface area (Å²) in [6.07, 6.45) is 8.74. The molecule has 0 fully saturated rings. The standard InChI is InChI=1S/C27H19N5O2S/c33-27-19-2-1-3-23(10-19)35(34)32-22-9-20(14-29-16-22)18-4-5-26-25(11-18)24(6-7-30-26)21-8-17(13-31-27)12-28-15-21/h1-12,14-16,32H,13H2,(H,31,33). The normalized spacial score (nSPS) is 15.1. The molecule has 3 aromatic heterocycles. The Morgan fingerprint density at radius 1 is 0.800 bits per heavy atom. The molecule has 4 heterocycles. The number of rotatable bonds is 0. The average Bonchev–Trinajstić information content (AvgIpc) is 2.91. The van der Waals surface area contributed by atoms with Gasteiger partial charge in [-0.15, -0.1) is 0 Å². The van der Waals surface area contributed by atoms with Gasteiger partial charge in [-0.25, -0.2) is 4.21 Å². The first kappa shape index (κ1) is 21.1. The van der Waals surface area contributed by atoms with E-state index in [1.165, 1.54) is 0 Å². The van der Waals surface area contributed by atoms with Gasteiger partial charge in [0.15, 0.2) is 0 Å². The minimum atomic E-state index is -1.57. The van der Waals surface area contributed by atoms with Crippen LogP contribution in [0, 0.1) is 0 Å². The van der Waals surface area contributed by atoms with Crippen LogP contribution in [0.2, 0.25) is 0 Å². The van der Waals surface area contributed by atoms with Crippen LogP contribution in [0.5, 0.6) is 0 Å². The van der Waals surface area contributed by atoms with Gasteiger partial charge in [-0.1, -0.05) is 12.1 Å². The van der Waals surface area contributed by atoms with Crippen LogP contribution in [0.1, 0.15) is 15.9 Å². The molecule has 8 bridgehead atoms. The fraction of sp³-hybridized carbons (Fsp3) is 0.0370. The Balaban J connectivity index is 1.54. The van der Waals surface area contributed by atoms with Gasteiger partial charge in [-0.2, -0.15) is 0 Å². The number of amides is 1. The quantitative estimate of drug-likeness (QED) is 0.336. The number of carbonyl (C=O) groups excluding carboxylic acids is 1. The van der Waals surface area contributed by atoms with Gasteiger partial charge in [-0.3, -0.25) is 24.5 Å². The van der Waals surface area contributed by atoms with Crippen LogP contribution >= 0.6 is 0 Å². The molecule has 0 aliphatic carbocycles. The van der Waals surface area contributed by atoms with Crippen molar-refractivity contribution in [3.63, 3.8) is 0 Å². The molecule has 1 atom stereocenters. The average molecular weight is 478 g/mol. The highest BCUT2D eigenvalue weighted by molar-refractivity contribution is 7.86. The molecule has 170 valence electrons. The Hall–Kier alpha value is -4.43. The van der Waals surface area contributed by atoms with E-state index in [1.807, 2.05) is 36.5 Å². The van der Waals surface area contributed by atoms with Gasteiger partial charge in [-0.05, 0) is 65.2 Å². The summed E-state index contributed by atoms with van der Waals surface area (Å²) in [6, 6.07) is 18.7. The van der Waals surface area contributed by atoms with Crippen molar-refractivity contribution >= 4 is 33.5 Å². The van der Waals surface area contributed by atoms with E-state index in [1.54, 1.807) is 49.1 Å². The first-order chi connectivity index (χ1) is 17.1. The fourth-order valence-electron chi connectivity index (χ4n) is 4.17. The maximum atomic E-state index is 13.0. The molecule has 0 spiro atoms. The van der Waals surface area contributed by atoms with Gasteiger partial charge in [0.1, 0.15) is 11.0 Å². The molecule has 1 aliphatic heterocycles. The highest BCUT2D eigenvalue weighted by Gasteiger charge is 2.13. The monoisotopic (exact) mass is 477 g/mol. The smallest absolute Gasteiger partial charge is 0.251 e. The molecular formula is C27H19N5O2S. The molecule has 1 aliphatic rings. The van der Waals surface area contributed by atoms with Gasteiger partial charge in [0.25, 0.3) is 5.91 Å². The van der Waals surface area contributed by atoms with Gasteiger partial charge in [0, 0.05) is 53.4 Å². The van der Waals surface area contributed by atoms with E-state index in [9.17, 15) is 9.00 Å². The summed E-state index contributed by atoms with van der Waals surface area (Å²) in [5.74, 6) is -0.252. The minimum Gasteiger partial charge on any atom is -0.348 e. The largest absolute Gasteiger partial charge is 0.348 e. The molecule has 2 aromatic carbocycles. The number of nitrogens with zero attached hydrogens (tertiary/aromatic N) is 3. The molecule has 8 heteroatoms. The van der Waals surface area contributed by atoms with Crippen LogP contribution in [-0.4, -0.2) is 25.1 Å². The zero-order valence-electron chi connectivity index (χ0n) is 18.4. The second kappa shape index (κ2) is 8.73.